The van der Waals surface area contributed by atoms with E-state index in [2.05, 4.69) is 5.32 Å². The number of hydrogen-bond acceptors (Lipinski definition) is 3. The minimum Gasteiger partial charge on any atom is -0.368 e. The van der Waals surface area contributed by atoms with Gasteiger partial charge >= 0.3 is 0 Å². The van der Waals surface area contributed by atoms with Gasteiger partial charge in [-0.25, -0.2) is 4.39 Å². The van der Waals surface area contributed by atoms with Gasteiger partial charge in [-0.05, 0) is 48.7 Å². The molecule has 0 unspecified atom stereocenters. The Hall–Kier alpha value is -2.47. The van der Waals surface area contributed by atoms with E-state index in [0.717, 1.165) is 34.6 Å². The van der Waals surface area contributed by atoms with E-state index in [1.807, 2.05) is 12.1 Å². The Kier molecular flexibility index (Phi) is 5.52. The number of carbonyl (C=O) groups excluding carboxylic acids is 2. The van der Waals surface area contributed by atoms with Crippen LogP contribution in [0.2, 0.25) is 0 Å². The van der Waals surface area contributed by atoms with Gasteiger partial charge in [0.1, 0.15) is 11.4 Å². The maximum atomic E-state index is 13.0. The highest BCUT2D eigenvalue weighted by Gasteiger charge is 2.38. The molecule has 1 aromatic heterocycles. The molecule has 0 bridgehead atoms. The summed E-state index contributed by atoms with van der Waals surface area (Å²) in [4.78, 5) is 26.0. The number of amides is 2. The summed E-state index contributed by atoms with van der Waals surface area (Å²) in [6, 6.07) is 10.1. The summed E-state index contributed by atoms with van der Waals surface area (Å²) in [7, 11) is 0. The molecule has 26 heavy (non-hydrogen) atoms. The second kappa shape index (κ2) is 7.83. The van der Waals surface area contributed by atoms with Crippen LogP contribution in [0, 0.1) is 5.82 Å². The molecule has 0 radical (unpaired) electrons. The van der Waals surface area contributed by atoms with E-state index in [1.54, 1.807) is 18.2 Å². The van der Waals surface area contributed by atoms with Crippen molar-refractivity contribution in [3.63, 3.8) is 0 Å². The lowest BCUT2D eigenvalue weighted by atomic mass is 9.81. The average molecular weight is 372 g/mol. The SMILES string of the molecule is NC(=O)C1(NC(=O)/C=C/c2ccc(-c3ccc(F)cc3)s2)CCCCC1. The predicted octanol–water partition coefficient (Wildman–Crippen LogP) is 3.87. The average Bonchev–Trinajstić information content (AvgIpc) is 3.10. The van der Waals surface area contributed by atoms with Crippen molar-refractivity contribution in [1.82, 2.24) is 5.32 Å². The van der Waals surface area contributed by atoms with Crippen LogP contribution < -0.4 is 11.1 Å². The van der Waals surface area contributed by atoms with Gasteiger partial charge in [0.15, 0.2) is 0 Å². The minimum atomic E-state index is -0.922. The van der Waals surface area contributed by atoms with Gasteiger partial charge in [0.2, 0.25) is 11.8 Å². The largest absolute Gasteiger partial charge is 0.368 e. The van der Waals surface area contributed by atoms with Crippen LogP contribution in [-0.2, 0) is 9.59 Å². The molecule has 1 aliphatic rings. The zero-order valence-electron chi connectivity index (χ0n) is 14.3. The number of benzene rings is 1. The molecule has 1 aromatic carbocycles. The number of halogens is 1. The van der Waals surface area contributed by atoms with E-state index in [4.69, 9.17) is 5.73 Å². The van der Waals surface area contributed by atoms with Crippen molar-refractivity contribution in [2.45, 2.75) is 37.6 Å². The topological polar surface area (TPSA) is 72.2 Å². The Balaban J connectivity index is 1.67. The first-order valence-corrected chi connectivity index (χ1v) is 9.46. The molecule has 0 atom stereocenters. The highest BCUT2D eigenvalue weighted by molar-refractivity contribution is 7.16. The Bertz CT molecular complexity index is 821. The van der Waals surface area contributed by atoms with Gasteiger partial charge in [0.05, 0.1) is 0 Å². The third-order valence-corrected chi connectivity index (χ3v) is 5.80. The lowest BCUT2D eigenvalue weighted by Crippen LogP contribution is -2.58. The molecule has 2 amide bonds. The van der Waals surface area contributed by atoms with Gasteiger partial charge in [-0.3, -0.25) is 9.59 Å². The van der Waals surface area contributed by atoms with Crippen LogP contribution in [0.3, 0.4) is 0 Å². The second-order valence-corrected chi connectivity index (χ2v) is 7.65. The third kappa shape index (κ3) is 4.19. The van der Waals surface area contributed by atoms with Gasteiger partial charge < -0.3 is 11.1 Å². The zero-order chi connectivity index (χ0) is 18.6. The van der Waals surface area contributed by atoms with Gasteiger partial charge in [-0.15, -0.1) is 11.3 Å². The Morgan fingerprint density at radius 2 is 1.77 bits per heavy atom. The fraction of sp³-hybridized carbons (Fsp3) is 0.300. The highest BCUT2D eigenvalue weighted by atomic mass is 32.1. The molecule has 3 rings (SSSR count). The summed E-state index contributed by atoms with van der Waals surface area (Å²) in [5.74, 6) is -1.05. The van der Waals surface area contributed by atoms with E-state index in [-0.39, 0.29) is 11.7 Å². The molecule has 136 valence electrons. The molecule has 2 aromatic rings. The molecule has 1 aliphatic carbocycles. The van der Waals surface area contributed by atoms with Crippen LogP contribution in [0.25, 0.3) is 16.5 Å². The monoisotopic (exact) mass is 372 g/mol. The lowest BCUT2D eigenvalue weighted by Gasteiger charge is -2.34. The van der Waals surface area contributed by atoms with Crippen LogP contribution in [0.1, 0.15) is 37.0 Å². The quantitative estimate of drug-likeness (QED) is 0.782. The molecule has 3 N–H and O–H groups in total. The zero-order valence-corrected chi connectivity index (χ0v) is 15.2. The second-order valence-electron chi connectivity index (χ2n) is 6.54. The van der Waals surface area contributed by atoms with E-state index in [1.165, 1.54) is 29.5 Å². The van der Waals surface area contributed by atoms with Crippen LogP contribution in [-0.4, -0.2) is 17.4 Å². The number of carbonyl (C=O) groups is 2. The van der Waals surface area contributed by atoms with Crippen LogP contribution in [0.15, 0.2) is 42.5 Å². The van der Waals surface area contributed by atoms with Crippen LogP contribution >= 0.6 is 11.3 Å². The minimum absolute atomic E-state index is 0.270. The molecular weight excluding hydrogens is 351 g/mol. The van der Waals surface area contributed by atoms with Gasteiger partial charge in [-0.2, -0.15) is 0 Å². The number of primary amides is 1. The fourth-order valence-electron chi connectivity index (χ4n) is 3.24. The van der Waals surface area contributed by atoms with Crippen molar-refractivity contribution in [1.29, 1.82) is 0 Å². The number of nitrogens with two attached hydrogens (primary N) is 1. The number of hydrogen-bond donors (Lipinski definition) is 2. The summed E-state index contributed by atoms with van der Waals surface area (Å²) in [6.07, 6.45) is 7.16. The smallest absolute Gasteiger partial charge is 0.244 e. The number of rotatable bonds is 5. The standard InChI is InChI=1S/C20H21FN2O2S/c21-15-6-4-14(5-7-15)17-10-8-16(26-17)9-11-18(24)23-20(19(22)25)12-2-1-3-13-20/h4-11H,1-3,12-13H2,(H2,22,25)(H,23,24)/b11-9+. The van der Waals surface area contributed by atoms with Crippen molar-refractivity contribution in [2.75, 3.05) is 0 Å². The lowest BCUT2D eigenvalue weighted by molar-refractivity contribution is -0.130. The number of nitrogens with one attached hydrogen (secondary N) is 1. The maximum Gasteiger partial charge on any atom is 0.244 e. The molecule has 0 aliphatic heterocycles. The van der Waals surface area contributed by atoms with Crippen LogP contribution in [0.4, 0.5) is 4.39 Å². The summed E-state index contributed by atoms with van der Waals surface area (Å²) in [6.45, 7) is 0. The van der Waals surface area contributed by atoms with Crippen molar-refractivity contribution in [2.24, 2.45) is 5.73 Å². The fourth-order valence-corrected chi connectivity index (χ4v) is 4.15. The van der Waals surface area contributed by atoms with Crippen molar-refractivity contribution < 1.29 is 14.0 Å². The number of thiophene rings is 1. The molecule has 0 saturated heterocycles. The van der Waals surface area contributed by atoms with Gasteiger partial charge in [-0.1, -0.05) is 31.4 Å². The van der Waals surface area contributed by atoms with Crippen molar-refractivity contribution in [3.8, 4) is 10.4 Å². The molecule has 1 heterocycles. The summed E-state index contributed by atoms with van der Waals surface area (Å²) < 4.78 is 13.0. The molecule has 0 spiro atoms. The van der Waals surface area contributed by atoms with E-state index >= 15 is 0 Å². The first-order chi connectivity index (χ1) is 12.5. The Morgan fingerprint density at radius 1 is 1.08 bits per heavy atom. The normalized spacial score (nSPS) is 16.5. The molecule has 1 saturated carbocycles. The Morgan fingerprint density at radius 3 is 2.42 bits per heavy atom. The highest BCUT2D eigenvalue weighted by Crippen LogP contribution is 2.30. The third-order valence-electron chi connectivity index (χ3n) is 4.70. The first-order valence-electron chi connectivity index (χ1n) is 8.64. The summed E-state index contributed by atoms with van der Waals surface area (Å²) in [5, 5.41) is 2.81. The molecule has 6 heteroatoms. The van der Waals surface area contributed by atoms with Crippen molar-refractivity contribution >= 4 is 29.2 Å². The first kappa shape index (κ1) is 18.3. The van der Waals surface area contributed by atoms with E-state index in [9.17, 15) is 14.0 Å². The van der Waals surface area contributed by atoms with E-state index in [0.29, 0.717) is 12.8 Å². The molecular formula is C20H21FN2O2S. The maximum absolute atomic E-state index is 13.0. The predicted molar refractivity (Wildman–Crippen MR) is 102 cm³/mol. The molecule has 1 fully saturated rings. The van der Waals surface area contributed by atoms with E-state index < -0.39 is 11.4 Å². The Labute approximate surface area is 155 Å². The van der Waals surface area contributed by atoms with Gasteiger partial charge in [0.25, 0.3) is 0 Å². The van der Waals surface area contributed by atoms with Crippen molar-refractivity contribution in [3.05, 3.63) is 53.2 Å². The van der Waals surface area contributed by atoms with Crippen LogP contribution in [0.5, 0.6) is 0 Å². The summed E-state index contributed by atoms with van der Waals surface area (Å²) in [5.41, 5.74) is 5.54. The summed E-state index contributed by atoms with van der Waals surface area (Å²) >= 11 is 1.50. The van der Waals surface area contributed by atoms with Gasteiger partial charge in [0, 0.05) is 15.8 Å². The molecule has 4 nitrogen and oxygen atoms in total.